The van der Waals surface area contributed by atoms with E-state index in [-0.39, 0.29) is 18.5 Å². The molecule has 0 atom stereocenters. The van der Waals surface area contributed by atoms with Crippen LogP contribution in [0.5, 0.6) is 0 Å². The molecule has 1 fully saturated rings. The van der Waals surface area contributed by atoms with Crippen molar-refractivity contribution < 1.29 is 4.79 Å². The Hall–Kier alpha value is -3.06. The quantitative estimate of drug-likeness (QED) is 0.495. The van der Waals surface area contributed by atoms with Gasteiger partial charge >= 0.3 is 0 Å². The first-order chi connectivity index (χ1) is 15.5. The molecule has 0 aliphatic heterocycles. The van der Waals surface area contributed by atoms with E-state index in [2.05, 4.69) is 16.0 Å². The topological polar surface area (TPSA) is 82.2 Å². The van der Waals surface area contributed by atoms with Crippen LogP contribution in [0.15, 0.2) is 48.5 Å². The molecule has 1 aromatic heterocycles. The van der Waals surface area contributed by atoms with Crippen molar-refractivity contribution in [2.75, 3.05) is 36.2 Å². The van der Waals surface area contributed by atoms with Crippen LogP contribution in [0.1, 0.15) is 25.7 Å². The van der Waals surface area contributed by atoms with E-state index in [0.717, 1.165) is 48.1 Å². The maximum Gasteiger partial charge on any atom is 0.239 e. The first-order valence-electron chi connectivity index (χ1n) is 11.0. The molecule has 0 radical (unpaired) electrons. The number of nitrogens with one attached hydrogen (secondary N) is 3. The second kappa shape index (κ2) is 10.0. The standard InChI is InChI=1S/C24H29ClN6O/c1-31(2)23-20-8-3-4-9-21(20)29-24(30-23)28-18-12-10-17(11-13-18)27-22(32)15-26-19-7-5-6-16(25)14-19/h3-9,14,17-18,26H,10-13,15H2,1-2H3,(H,27,32)(H,28,29,30). The van der Waals surface area contributed by atoms with Crippen molar-refractivity contribution in [2.45, 2.75) is 37.8 Å². The van der Waals surface area contributed by atoms with E-state index in [9.17, 15) is 4.79 Å². The first kappa shape index (κ1) is 22.1. The third kappa shape index (κ3) is 5.59. The van der Waals surface area contributed by atoms with Gasteiger partial charge in [0.15, 0.2) is 0 Å². The van der Waals surface area contributed by atoms with Crippen molar-refractivity contribution in [1.82, 2.24) is 15.3 Å². The van der Waals surface area contributed by atoms with Crippen molar-refractivity contribution in [1.29, 1.82) is 0 Å². The van der Waals surface area contributed by atoms with Crippen LogP contribution in [0.25, 0.3) is 10.9 Å². The number of benzene rings is 2. The maximum atomic E-state index is 12.3. The van der Waals surface area contributed by atoms with E-state index in [1.807, 2.05) is 67.5 Å². The monoisotopic (exact) mass is 452 g/mol. The number of nitrogens with zero attached hydrogens (tertiary/aromatic N) is 3. The predicted molar refractivity (Wildman–Crippen MR) is 132 cm³/mol. The zero-order valence-corrected chi connectivity index (χ0v) is 19.2. The predicted octanol–water partition coefficient (Wildman–Crippen LogP) is 4.30. The number of rotatable bonds is 7. The number of aromatic nitrogens is 2. The molecule has 1 heterocycles. The highest BCUT2D eigenvalue weighted by atomic mass is 35.5. The van der Waals surface area contributed by atoms with Crippen LogP contribution in [0.3, 0.4) is 0 Å². The molecular weight excluding hydrogens is 424 g/mol. The largest absolute Gasteiger partial charge is 0.376 e. The fourth-order valence-electron chi connectivity index (χ4n) is 4.09. The van der Waals surface area contributed by atoms with Gasteiger partial charge in [-0.3, -0.25) is 4.79 Å². The summed E-state index contributed by atoms with van der Waals surface area (Å²) in [7, 11) is 3.99. The van der Waals surface area contributed by atoms with Crippen molar-refractivity contribution in [2.24, 2.45) is 0 Å². The van der Waals surface area contributed by atoms with Crippen LogP contribution >= 0.6 is 11.6 Å². The van der Waals surface area contributed by atoms with Crippen LogP contribution in [-0.2, 0) is 4.79 Å². The summed E-state index contributed by atoms with van der Waals surface area (Å²) in [6, 6.07) is 15.9. The van der Waals surface area contributed by atoms with Crippen molar-refractivity contribution in [3.63, 3.8) is 0 Å². The molecule has 3 aromatic rings. The highest BCUT2D eigenvalue weighted by Gasteiger charge is 2.23. The Morgan fingerprint density at radius 1 is 1.03 bits per heavy atom. The molecule has 0 spiro atoms. The SMILES string of the molecule is CN(C)c1nc(NC2CCC(NC(=O)CNc3cccc(Cl)c3)CC2)nc2ccccc12. The van der Waals surface area contributed by atoms with Crippen LogP contribution in [-0.4, -0.2) is 48.6 Å². The van der Waals surface area contributed by atoms with Gasteiger partial charge in [-0.15, -0.1) is 0 Å². The molecule has 1 aliphatic rings. The van der Waals surface area contributed by atoms with Crippen molar-refractivity contribution in [3.05, 3.63) is 53.6 Å². The smallest absolute Gasteiger partial charge is 0.239 e. The summed E-state index contributed by atoms with van der Waals surface area (Å²) < 4.78 is 0. The van der Waals surface area contributed by atoms with Gasteiger partial charge in [-0.1, -0.05) is 29.8 Å². The summed E-state index contributed by atoms with van der Waals surface area (Å²) in [4.78, 5) is 23.8. The Bertz CT molecular complexity index is 1080. The van der Waals surface area contributed by atoms with E-state index in [1.54, 1.807) is 0 Å². The third-order valence-electron chi connectivity index (χ3n) is 5.71. The number of carbonyl (C=O) groups is 1. The first-order valence-corrected chi connectivity index (χ1v) is 11.3. The minimum Gasteiger partial charge on any atom is -0.376 e. The number of hydrogen-bond donors (Lipinski definition) is 3. The van der Waals surface area contributed by atoms with Gasteiger partial charge in [0.2, 0.25) is 11.9 Å². The van der Waals surface area contributed by atoms with Gasteiger partial charge in [0.1, 0.15) is 5.82 Å². The van der Waals surface area contributed by atoms with Gasteiger partial charge in [-0.2, -0.15) is 4.98 Å². The van der Waals surface area contributed by atoms with Crippen LogP contribution in [0, 0.1) is 0 Å². The molecule has 3 N–H and O–H groups in total. The van der Waals surface area contributed by atoms with Crippen LogP contribution in [0.4, 0.5) is 17.5 Å². The van der Waals surface area contributed by atoms with Gasteiger partial charge in [0, 0.05) is 42.3 Å². The lowest BCUT2D eigenvalue weighted by Gasteiger charge is -2.30. The molecule has 1 aliphatic carbocycles. The number of amides is 1. The third-order valence-corrected chi connectivity index (χ3v) is 5.95. The van der Waals surface area contributed by atoms with E-state index in [0.29, 0.717) is 17.0 Å². The Kier molecular flexibility index (Phi) is 6.95. The molecule has 1 amide bonds. The number of para-hydroxylation sites is 1. The molecule has 0 saturated heterocycles. The van der Waals surface area contributed by atoms with Gasteiger partial charge < -0.3 is 20.9 Å². The average Bonchev–Trinajstić information content (AvgIpc) is 2.78. The minimum absolute atomic E-state index is 0.00475. The Morgan fingerprint density at radius 2 is 1.78 bits per heavy atom. The fourth-order valence-corrected chi connectivity index (χ4v) is 4.28. The van der Waals surface area contributed by atoms with E-state index >= 15 is 0 Å². The fraction of sp³-hybridized carbons (Fsp3) is 0.375. The molecule has 168 valence electrons. The minimum atomic E-state index is -0.00475. The van der Waals surface area contributed by atoms with Crippen molar-refractivity contribution >= 4 is 45.9 Å². The number of carbonyl (C=O) groups excluding carboxylic acids is 1. The highest BCUT2D eigenvalue weighted by molar-refractivity contribution is 6.30. The number of halogens is 1. The molecule has 32 heavy (non-hydrogen) atoms. The second-order valence-electron chi connectivity index (χ2n) is 8.41. The number of fused-ring (bicyclic) bond motifs is 1. The molecule has 2 aromatic carbocycles. The summed E-state index contributed by atoms with van der Waals surface area (Å²) in [5, 5.41) is 11.4. The van der Waals surface area contributed by atoms with E-state index in [1.165, 1.54) is 0 Å². The summed E-state index contributed by atoms with van der Waals surface area (Å²) in [5.41, 5.74) is 1.77. The number of hydrogen-bond acceptors (Lipinski definition) is 6. The Balaban J connectivity index is 1.28. The molecule has 8 heteroatoms. The van der Waals surface area contributed by atoms with E-state index in [4.69, 9.17) is 21.6 Å². The summed E-state index contributed by atoms with van der Waals surface area (Å²) >= 11 is 5.98. The highest BCUT2D eigenvalue weighted by Crippen LogP contribution is 2.26. The molecular formula is C24H29ClN6O. The summed E-state index contributed by atoms with van der Waals surface area (Å²) in [6.45, 7) is 0.233. The lowest BCUT2D eigenvalue weighted by atomic mass is 9.91. The second-order valence-corrected chi connectivity index (χ2v) is 8.84. The maximum absolute atomic E-state index is 12.3. The normalized spacial score (nSPS) is 18.2. The summed E-state index contributed by atoms with van der Waals surface area (Å²) in [6.07, 6.45) is 3.77. The number of anilines is 3. The van der Waals surface area contributed by atoms with E-state index < -0.39 is 0 Å². The molecule has 1 saturated carbocycles. The average molecular weight is 453 g/mol. The van der Waals surface area contributed by atoms with Crippen LogP contribution in [0.2, 0.25) is 5.02 Å². The molecule has 0 bridgehead atoms. The summed E-state index contributed by atoms with van der Waals surface area (Å²) in [5.74, 6) is 1.56. The Labute approximate surface area is 193 Å². The van der Waals surface area contributed by atoms with Crippen LogP contribution < -0.4 is 20.9 Å². The lowest BCUT2D eigenvalue weighted by Crippen LogP contribution is -2.42. The van der Waals surface area contributed by atoms with Gasteiger partial charge in [-0.25, -0.2) is 4.98 Å². The Morgan fingerprint density at radius 3 is 2.53 bits per heavy atom. The van der Waals surface area contributed by atoms with Gasteiger partial charge in [0.05, 0.1) is 12.1 Å². The molecule has 7 nitrogen and oxygen atoms in total. The molecule has 4 rings (SSSR count). The van der Waals surface area contributed by atoms with Crippen molar-refractivity contribution in [3.8, 4) is 0 Å². The molecule has 0 unspecified atom stereocenters. The lowest BCUT2D eigenvalue weighted by molar-refractivity contribution is -0.120. The van der Waals surface area contributed by atoms with Gasteiger partial charge in [0.25, 0.3) is 0 Å². The van der Waals surface area contributed by atoms with Gasteiger partial charge in [-0.05, 0) is 56.0 Å². The zero-order chi connectivity index (χ0) is 22.5. The zero-order valence-electron chi connectivity index (χ0n) is 18.4.